The lowest BCUT2D eigenvalue weighted by atomic mass is 10.2. The summed E-state index contributed by atoms with van der Waals surface area (Å²) in [5.41, 5.74) is 1.01. The number of hydrogen-bond acceptors (Lipinski definition) is 2. The number of rotatable bonds is 5. The van der Waals surface area contributed by atoms with Crippen molar-refractivity contribution in [1.29, 1.82) is 0 Å². The van der Waals surface area contributed by atoms with Gasteiger partial charge in [0.25, 0.3) is 0 Å². The van der Waals surface area contributed by atoms with Crippen molar-refractivity contribution in [2.24, 2.45) is 0 Å². The molecule has 4 heteroatoms. The molecule has 90 valence electrons. The molecule has 1 aromatic carbocycles. The van der Waals surface area contributed by atoms with E-state index >= 15 is 0 Å². The molecule has 0 atom stereocenters. The number of aliphatic carboxylic acids is 1. The third kappa shape index (κ3) is 2.41. The average molecular weight is 233 g/mol. The highest BCUT2D eigenvalue weighted by molar-refractivity contribution is 5.86. The van der Waals surface area contributed by atoms with Crippen LogP contribution in [0.25, 0.3) is 10.9 Å². The number of nitrogens with zero attached hydrogens (tertiary/aromatic N) is 1. The van der Waals surface area contributed by atoms with Crippen molar-refractivity contribution >= 4 is 16.9 Å². The molecule has 0 aliphatic rings. The van der Waals surface area contributed by atoms with Gasteiger partial charge in [-0.05, 0) is 25.1 Å². The Bertz CT molecular complexity index is 530. The smallest absolute Gasteiger partial charge is 0.305 e. The van der Waals surface area contributed by atoms with Gasteiger partial charge in [-0.1, -0.05) is 6.07 Å². The summed E-state index contributed by atoms with van der Waals surface area (Å²) in [5, 5.41) is 9.71. The van der Waals surface area contributed by atoms with Crippen LogP contribution in [0.2, 0.25) is 0 Å². The standard InChI is InChI=1S/C13H15NO3/c1-2-17-12-5-3-4-11-10(12)6-8-14(11)9-7-13(15)16/h3-6,8H,2,7,9H2,1H3,(H,15,16). The van der Waals surface area contributed by atoms with Crippen LogP contribution in [0.5, 0.6) is 5.75 Å². The van der Waals surface area contributed by atoms with Crippen LogP contribution in [0.3, 0.4) is 0 Å². The lowest BCUT2D eigenvalue weighted by Crippen LogP contribution is -2.03. The minimum absolute atomic E-state index is 0.128. The van der Waals surface area contributed by atoms with Crippen molar-refractivity contribution < 1.29 is 14.6 Å². The number of carbonyl (C=O) groups is 1. The van der Waals surface area contributed by atoms with E-state index in [0.717, 1.165) is 16.7 Å². The molecule has 2 rings (SSSR count). The molecule has 0 unspecified atom stereocenters. The minimum Gasteiger partial charge on any atom is -0.493 e. The van der Waals surface area contributed by atoms with E-state index in [1.807, 2.05) is 42.0 Å². The zero-order chi connectivity index (χ0) is 12.3. The van der Waals surface area contributed by atoms with Gasteiger partial charge in [-0.15, -0.1) is 0 Å². The van der Waals surface area contributed by atoms with Gasteiger partial charge in [0.2, 0.25) is 0 Å². The topological polar surface area (TPSA) is 51.5 Å². The maximum atomic E-state index is 10.6. The molecule has 1 aromatic heterocycles. The van der Waals surface area contributed by atoms with Crippen LogP contribution in [0, 0.1) is 0 Å². The van der Waals surface area contributed by atoms with Gasteiger partial charge in [0, 0.05) is 18.1 Å². The molecule has 0 saturated carbocycles. The molecule has 2 aromatic rings. The first-order chi connectivity index (χ1) is 8.22. The first-order valence-electron chi connectivity index (χ1n) is 5.65. The maximum absolute atomic E-state index is 10.6. The molecule has 4 nitrogen and oxygen atoms in total. The number of ether oxygens (including phenoxy) is 1. The zero-order valence-electron chi connectivity index (χ0n) is 9.72. The van der Waals surface area contributed by atoms with Gasteiger partial charge in [-0.3, -0.25) is 4.79 Å². The second-order valence-electron chi connectivity index (χ2n) is 3.77. The summed E-state index contributed by atoms with van der Waals surface area (Å²) < 4.78 is 7.46. The van der Waals surface area contributed by atoms with E-state index in [1.165, 1.54) is 0 Å². The number of aromatic nitrogens is 1. The predicted octanol–water partition coefficient (Wildman–Crippen LogP) is 2.51. The SMILES string of the molecule is CCOc1cccc2c1ccn2CCC(=O)O. The van der Waals surface area contributed by atoms with Crippen LogP contribution in [0.15, 0.2) is 30.5 Å². The van der Waals surface area contributed by atoms with Crippen molar-refractivity contribution in [3.05, 3.63) is 30.5 Å². The van der Waals surface area contributed by atoms with Crippen molar-refractivity contribution in [3.8, 4) is 5.75 Å². The number of benzene rings is 1. The molecular formula is C13H15NO3. The Balaban J connectivity index is 2.33. The molecule has 17 heavy (non-hydrogen) atoms. The summed E-state index contributed by atoms with van der Waals surface area (Å²) in [7, 11) is 0. The quantitative estimate of drug-likeness (QED) is 0.863. The summed E-state index contributed by atoms with van der Waals surface area (Å²) in [4.78, 5) is 10.6. The highest BCUT2D eigenvalue weighted by Crippen LogP contribution is 2.26. The van der Waals surface area contributed by atoms with Gasteiger partial charge in [0.05, 0.1) is 18.5 Å². The summed E-state index contributed by atoms with van der Waals surface area (Å²) >= 11 is 0. The van der Waals surface area contributed by atoms with Crippen molar-refractivity contribution in [3.63, 3.8) is 0 Å². The van der Waals surface area contributed by atoms with Crippen LogP contribution in [0.4, 0.5) is 0 Å². The molecule has 0 spiro atoms. The van der Waals surface area contributed by atoms with E-state index in [0.29, 0.717) is 13.2 Å². The molecule has 0 amide bonds. The fourth-order valence-corrected chi connectivity index (χ4v) is 1.89. The first kappa shape index (κ1) is 11.5. The molecule has 0 aliphatic carbocycles. The third-order valence-corrected chi connectivity index (χ3v) is 2.64. The van der Waals surface area contributed by atoms with E-state index in [9.17, 15) is 4.79 Å². The fraction of sp³-hybridized carbons (Fsp3) is 0.308. The molecule has 0 bridgehead atoms. The largest absolute Gasteiger partial charge is 0.493 e. The summed E-state index contributed by atoms with van der Waals surface area (Å²) in [6.45, 7) is 3.05. The monoisotopic (exact) mass is 233 g/mol. The van der Waals surface area contributed by atoms with Gasteiger partial charge >= 0.3 is 5.97 Å². The van der Waals surface area contributed by atoms with E-state index < -0.39 is 5.97 Å². The second-order valence-corrected chi connectivity index (χ2v) is 3.77. The van der Waals surface area contributed by atoms with Gasteiger partial charge < -0.3 is 14.4 Å². The number of hydrogen-bond donors (Lipinski definition) is 1. The molecule has 0 saturated heterocycles. The fourth-order valence-electron chi connectivity index (χ4n) is 1.89. The zero-order valence-corrected chi connectivity index (χ0v) is 9.72. The van der Waals surface area contributed by atoms with Crippen LogP contribution >= 0.6 is 0 Å². The number of fused-ring (bicyclic) bond motifs is 1. The Morgan fingerprint density at radius 3 is 2.94 bits per heavy atom. The van der Waals surface area contributed by atoms with E-state index in [4.69, 9.17) is 9.84 Å². The summed E-state index contributed by atoms with van der Waals surface area (Å²) in [6, 6.07) is 7.78. The lowest BCUT2D eigenvalue weighted by Gasteiger charge is -2.06. The number of carboxylic acids is 1. The molecule has 0 fully saturated rings. The van der Waals surface area contributed by atoms with Gasteiger partial charge in [0.15, 0.2) is 0 Å². The van der Waals surface area contributed by atoms with E-state index in [-0.39, 0.29) is 6.42 Å². The van der Waals surface area contributed by atoms with Crippen LogP contribution < -0.4 is 4.74 Å². The van der Waals surface area contributed by atoms with E-state index in [2.05, 4.69) is 0 Å². The van der Waals surface area contributed by atoms with Gasteiger partial charge in [-0.25, -0.2) is 0 Å². The van der Waals surface area contributed by atoms with Crippen LogP contribution in [-0.4, -0.2) is 22.2 Å². The Morgan fingerprint density at radius 2 is 2.24 bits per heavy atom. The van der Waals surface area contributed by atoms with Crippen LogP contribution in [-0.2, 0) is 11.3 Å². The normalized spacial score (nSPS) is 10.6. The Hall–Kier alpha value is -1.97. The maximum Gasteiger partial charge on any atom is 0.305 e. The molecular weight excluding hydrogens is 218 g/mol. The van der Waals surface area contributed by atoms with Crippen molar-refractivity contribution in [1.82, 2.24) is 4.57 Å². The lowest BCUT2D eigenvalue weighted by molar-refractivity contribution is -0.137. The molecule has 0 aliphatic heterocycles. The number of aryl methyl sites for hydroxylation is 1. The van der Waals surface area contributed by atoms with Gasteiger partial charge in [-0.2, -0.15) is 0 Å². The number of carboxylic acid groups (broad SMARTS) is 1. The van der Waals surface area contributed by atoms with Crippen molar-refractivity contribution in [2.45, 2.75) is 19.9 Å². The Kier molecular flexibility index (Phi) is 3.32. The van der Waals surface area contributed by atoms with Crippen molar-refractivity contribution in [2.75, 3.05) is 6.61 Å². The highest BCUT2D eigenvalue weighted by Gasteiger charge is 2.07. The summed E-state index contributed by atoms with van der Waals surface area (Å²) in [6.07, 6.45) is 2.03. The predicted molar refractivity (Wildman–Crippen MR) is 65.4 cm³/mol. The molecule has 0 radical (unpaired) electrons. The van der Waals surface area contributed by atoms with E-state index in [1.54, 1.807) is 0 Å². The van der Waals surface area contributed by atoms with Gasteiger partial charge in [0.1, 0.15) is 5.75 Å². The molecule has 1 N–H and O–H groups in total. The van der Waals surface area contributed by atoms with Crippen LogP contribution in [0.1, 0.15) is 13.3 Å². The first-order valence-corrected chi connectivity index (χ1v) is 5.65. The highest BCUT2D eigenvalue weighted by atomic mass is 16.5. The molecule has 1 heterocycles. The Morgan fingerprint density at radius 1 is 1.41 bits per heavy atom. The third-order valence-electron chi connectivity index (χ3n) is 2.64. The summed E-state index contributed by atoms with van der Waals surface area (Å²) in [5.74, 6) is 0.0619. The Labute approximate surface area is 99.4 Å². The average Bonchev–Trinajstić information content (AvgIpc) is 2.71. The second kappa shape index (κ2) is 4.91. The minimum atomic E-state index is -0.784.